The summed E-state index contributed by atoms with van der Waals surface area (Å²) >= 11 is 0. The van der Waals surface area contributed by atoms with Crippen molar-refractivity contribution >= 4 is 22.6 Å². The SMILES string of the molecule is CCCNc1nc(C)cc(NCCS(=O)CC)n1. The Morgan fingerprint density at radius 1 is 1.22 bits per heavy atom. The van der Waals surface area contributed by atoms with Gasteiger partial charge >= 0.3 is 0 Å². The number of anilines is 2. The lowest BCUT2D eigenvalue weighted by Gasteiger charge is -2.09. The number of hydrogen-bond donors (Lipinski definition) is 2. The number of nitrogens with one attached hydrogen (secondary N) is 2. The molecule has 0 saturated carbocycles. The fourth-order valence-electron chi connectivity index (χ4n) is 1.41. The van der Waals surface area contributed by atoms with Crippen molar-refractivity contribution in [3.63, 3.8) is 0 Å². The van der Waals surface area contributed by atoms with E-state index in [0.717, 1.165) is 24.5 Å². The van der Waals surface area contributed by atoms with Gasteiger partial charge in [0, 0.05) is 47.2 Å². The van der Waals surface area contributed by atoms with Crippen molar-refractivity contribution in [2.45, 2.75) is 27.2 Å². The topological polar surface area (TPSA) is 66.9 Å². The molecule has 0 aromatic carbocycles. The first-order valence-corrected chi connectivity index (χ1v) is 7.83. The first kappa shape index (κ1) is 14.9. The zero-order chi connectivity index (χ0) is 13.4. The van der Waals surface area contributed by atoms with Crippen LogP contribution in [-0.2, 0) is 10.8 Å². The minimum atomic E-state index is -0.738. The number of aryl methyl sites for hydroxylation is 1. The van der Waals surface area contributed by atoms with Crippen molar-refractivity contribution in [2.75, 3.05) is 35.2 Å². The van der Waals surface area contributed by atoms with Gasteiger partial charge < -0.3 is 10.6 Å². The molecule has 0 aliphatic heterocycles. The summed E-state index contributed by atoms with van der Waals surface area (Å²) in [7, 11) is -0.738. The van der Waals surface area contributed by atoms with E-state index in [1.165, 1.54) is 0 Å². The molecule has 0 bridgehead atoms. The van der Waals surface area contributed by atoms with Crippen LogP contribution in [0.15, 0.2) is 6.07 Å². The maximum Gasteiger partial charge on any atom is 0.224 e. The van der Waals surface area contributed by atoms with E-state index in [9.17, 15) is 4.21 Å². The molecule has 2 N–H and O–H groups in total. The van der Waals surface area contributed by atoms with Gasteiger partial charge in [-0.15, -0.1) is 0 Å². The Kier molecular flexibility index (Phi) is 6.64. The largest absolute Gasteiger partial charge is 0.369 e. The molecule has 1 aromatic rings. The van der Waals surface area contributed by atoms with Crippen LogP contribution in [0, 0.1) is 6.92 Å². The van der Waals surface area contributed by atoms with Gasteiger partial charge in [0.1, 0.15) is 5.82 Å². The third-order valence-corrected chi connectivity index (χ3v) is 3.65. The minimum absolute atomic E-state index is 0.649. The number of rotatable bonds is 8. The van der Waals surface area contributed by atoms with E-state index < -0.39 is 10.8 Å². The molecule has 0 aliphatic carbocycles. The molecular formula is C12H22N4OS. The van der Waals surface area contributed by atoms with Crippen LogP contribution in [0.1, 0.15) is 26.0 Å². The van der Waals surface area contributed by atoms with Gasteiger partial charge in [0.05, 0.1) is 0 Å². The van der Waals surface area contributed by atoms with Crippen molar-refractivity contribution in [2.24, 2.45) is 0 Å². The zero-order valence-corrected chi connectivity index (χ0v) is 12.1. The third-order valence-electron chi connectivity index (χ3n) is 2.35. The average molecular weight is 270 g/mol. The summed E-state index contributed by atoms with van der Waals surface area (Å²) in [5.74, 6) is 2.79. The molecule has 1 unspecified atom stereocenters. The highest BCUT2D eigenvalue weighted by atomic mass is 32.2. The summed E-state index contributed by atoms with van der Waals surface area (Å²) in [6, 6.07) is 1.89. The van der Waals surface area contributed by atoms with Crippen molar-refractivity contribution in [1.82, 2.24) is 9.97 Å². The Bertz CT molecular complexity index is 398. The second kappa shape index (κ2) is 8.02. The maximum atomic E-state index is 11.3. The smallest absolute Gasteiger partial charge is 0.224 e. The number of hydrogen-bond acceptors (Lipinski definition) is 5. The summed E-state index contributed by atoms with van der Waals surface area (Å²) in [6.45, 7) is 7.50. The van der Waals surface area contributed by atoms with Crippen molar-refractivity contribution in [1.29, 1.82) is 0 Å². The van der Waals surface area contributed by atoms with Gasteiger partial charge in [0.25, 0.3) is 0 Å². The molecule has 0 amide bonds. The van der Waals surface area contributed by atoms with Crippen LogP contribution in [0.4, 0.5) is 11.8 Å². The lowest BCUT2D eigenvalue weighted by atomic mass is 10.4. The van der Waals surface area contributed by atoms with Crippen molar-refractivity contribution in [3.05, 3.63) is 11.8 Å². The number of aromatic nitrogens is 2. The van der Waals surface area contributed by atoms with Crippen LogP contribution in [0.2, 0.25) is 0 Å². The average Bonchev–Trinajstić information content (AvgIpc) is 2.35. The highest BCUT2D eigenvalue weighted by Crippen LogP contribution is 2.09. The van der Waals surface area contributed by atoms with Crippen LogP contribution in [0.25, 0.3) is 0 Å². The lowest BCUT2D eigenvalue weighted by molar-refractivity contribution is 0.684. The summed E-state index contributed by atoms with van der Waals surface area (Å²) in [4.78, 5) is 8.67. The monoisotopic (exact) mass is 270 g/mol. The summed E-state index contributed by atoms with van der Waals surface area (Å²) in [5, 5.41) is 6.35. The molecule has 1 aromatic heterocycles. The minimum Gasteiger partial charge on any atom is -0.369 e. The van der Waals surface area contributed by atoms with E-state index in [2.05, 4.69) is 27.5 Å². The van der Waals surface area contributed by atoms with Gasteiger partial charge in [-0.25, -0.2) is 4.98 Å². The van der Waals surface area contributed by atoms with E-state index in [4.69, 9.17) is 0 Å². The molecule has 102 valence electrons. The highest BCUT2D eigenvalue weighted by molar-refractivity contribution is 7.84. The first-order chi connectivity index (χ1) is 8.65. The van der Waals surface area contributed by atoms with Gasteiger partial charge in [-0.1, -0.05) is 13.8 Å². The molecule has 18 heavy (non-hydrogen) atoms. The van der Waals surface area contributed by atoms with Crippen LogP contribution in [-0.4, -0.2) is 38.8 Å². The van der Waals surface area contributed by atoms with Crippen molar-refractivity contribution < 1.29 is 4.21 Å². The fourth-order valence-corrected chi connectivity index (χ4v) is 2.03. The Morgan fingerprint density at radius 2 is 2.00 bits per heavy atom. The molecular weight excluding hydrogens is 248 g/mol. The summed E-state index contributed by atoms with van der Waals surface area (Å²) in [5.41, 5.74) is 0.919. The molecule has 1 heterocycles. The Balaban J connectivity index is 2.54. The normalized spacial score (nSPS) is 12.2. The van der Waals surface area contributed by atoms with Gasteiger partial charge in [-0.2, -0.15) is 4.98 Å². The molecule has 0 spiro atoms. The molecule has 0 fully saturated rings. The van der Waals surface area contributed by atoms with E-state index in [-0.39, 0.29) is 0 Å². The molecule has 6 heteroatoms. The lowest BCUT2D eigenvalue weighted by Crippen LogP contribution is -2.14. The molecule has 5 nitrogen and oxygen atoms in total. The van der Waals surface area contributed by atoms with Crippen LogP contribution in [0.5, 0.6) is 0 Å². The highest BCUT2D eigenvalue weighted by Gasteiger charge is 2.02. The summed E-state index contributed by atoms with van der Waals surface area (Å²) < 4.78 is 11.3. The van der Waals surface area contributed by atoms with Crippen LogP contribution in [0.3, 0.4) is 0 Å². The third kappa shape index (κ3) is 5.44. The van der Waals surface area contributed by atoms with Gasteiger partial charge in [-0.05, 0) is 13.3 Å². The quantitative estimate of drug-likeness (QED) is 0.754. The van der Waals surface area contributed by atoms with Gasteiger partial charge in [0.15, 0.2) is 0 Å². The molecule has 0 saturated heterocycles. The Morgan fingerprint density at radius 3 is 2.67 bits per heavy atom. The summed E-state index contributed by atoms with van der Waals surface area (Å²) in [6.07, 6.45) is 1.04. The predicted molar refractivity (Wildman–Crippen MR) is 77.6 cm³/mol. The van der Waals surface area contributed by atoms with Crippen LogP contribution >= 0.6 is 0 Å². The zero-order valence-electron chi connectivity index (χ0n) is 11.3. The first-order valence-electron chi connectivity index (χ1n) is 6.34. The van der Waals surface area contributed by atoms with Gasteiger partial charge in [0.2, 0.25) is 5.95 Å². The Labute approximate surface area is 111 Å². The van der Waals surface area contributed by atoms with Crippen molar-refractivity contribution in [3.8, 4) is 0 Å². The second-order valence-electron chi connectivity index (χ2n) is 4.00. The van der Waals surface area contributed by atoms with E-state index in [0.29, 0.717) is 24.0 Å². The second-order valence-corrected chi connectivity index (χ2v) is 5.87. The Hall–Kier alpha value is -1.17. The maximum absolute atomic E-state index is 11.3. The van der Waals surface area contributed by atoms with E-state index in [1.807, 2.05) is 19.9 Å². The van der Waals surface area contributed by atoms with Gasteiger partial charge in [-0.3, -0.25) is 4.21 Å². The van der Waals surface area contributed by atoms with Crippen LogP contribution < -0.4 is 10.6 Å². The standard InChI is InChI=1S/C12H22N4OS/c1-4-6-14-12-15-10(3)9-11(16-12)13-7-8-18(17)5-2/h9H,4-8H2,1-3H3,(H2,13,14,15,16). The number of nitrogens with zero attached hydrogens (tertiary/aromatic N) is 2. The molecule has 0 aliphatic rings. The molecule has 0 radical (unpaired) electrons. The fraction of sp³-hybridized carbons (Fsp3) is 0.667. The molecule has 1 atom stereocenters. The predicted octanol–water partition coefficient (Wildman–Crippen LogP) is 1.79. The van der Waals surface area contributed by atoms with E-state index >= 15 is 0 Å². The van der Waals surface area contributed by atoms with E-state index in [1.54, 1.807) is 0 Å². The molecule has 1 rings (SSSR count).